The first-order valence-corrected chi connectivity index (χ1v) is 6.31. The van der Waals surface area contributed by atoms with E-state index in [9.17, 15) is 9.59 Å². The standard InChI is InChI=1S/C11H23N3O5/c1-2-12-6-4-3-5-8(10(17)18)14-11(19)13-7-9(15)16/h8-9,12,15-16H,2-7H2,1H3,(H,17,18)(H2,13,14,19)/t8-/m0/s1. The Balaban J connectivity index is 3.91. The van der Waals surface area contributed by atoms with Gasteiger partial charge in [-0.3, -0.25) is 0 Å². The Morgan fingerprint density at radius 3 is 2.42 bits per heavy atom. The zero-order chi connectivity index (χ0) is 14.7. The van der Waals surface area contributed by atoms with Crippen LogP contribution < -0.4 is 16.0 Å². The number of carbonyl (C=O) groups is 2. The molecule has 0 unspecified atom stereocenters. The number of amides is 2. The fourth-order valence-electron chi connectivity index (χ4n) is 1.43. The van der Waals surface area contributed by atoms with E-state index < -0.39 is 24.3 Å². The molecule has 8 nitrogen and oxygen atoms in total. The summed E-state index contributed by atoms with van der Waals surface area (Å²) in [6, 6.07) is -1.70. The first kappa shape index (κ1) is 17.6. The molecular weight excluding hydrogens is 254 g/mol. The summed E-state index contributed by atoms with van der Waals surface area (Å²) in [6.07, 6.45) is 0.174. The number of hydrogen-bond donors (Lipinski definition) is 6. The SMILES string of the molecule is CCNCCCC[C@H](NC(=O)NCC(O)O)C(=O)O. The smallest absolute Gasteiger partial charge is 0.326 e. The van der Waals surface area contributed by atoms with Gasteiger partial charge in [-0.15, -0.1) is 0 Å². The monoisotopic (exact) mass is 277 g/mol. The van der Waals surface area contributed by atoms with Gasteiger partial charge in [0.25, 0.3) is 0 Å². The van der Waals surface area contributed by atoms with Crippen molar-refractivity contribution in [2.75, 3.05) is 19.6 Å². The van der Waals surface area contributed by atoms with Gasteiger partial charge in [-0.2, -0.15) is 0 Å². The van der Waals surface area contributed by atoms with E-state index >= 15 is 0 Å². The van der Waals surface area contributed by atoms with Crippen LogP contribution in [0.25, 0.3) is 0 Å². The first-order valence-electron chi connectivity index (χ1n) is 6.31. The lowest BCUT2D eigenvalue weighted by Crippen LogP contribution is -2.47. The summed E-state index contributed by atoms with van der Waals surface area (Å²) in [4.78, 5) is 22.2. The minimum Gasteiger partial charge on any atom is -0.480 e. The zero-order valence-corrected chi connectivity index (χ0v) is 11.1. The van der Waals surface area contributed by atoms with E-state index in [2.05, 4.69) is 16.0 Å². The average Bonchev–Trinajstić information content (AvgIpc) is 2.34. The van der Waals surface area contributed by atoms with Crippen LogP contribution in [0.15, 0.2) is 0 Å². The quantitative estimate of drug-likeness (QED) is 0.220. The number of carboxylic acid groups (broad SMARTS) is 1. The second-order valence-corrected chi connectivity index (χ2v) is 4.08. The number of unbranched alkanes of at least 4 members (excludes halogenated alkanes) is 1. The lowest BCUT2D eigenvalue weighted by Gasteiger charge is -2.15. The topological polar surface area (TPSA) is 131 Å². The van der Waals surface area contributed by atoms with Gasteiger partial charge in [-0.1, -0.05) is 6.92 Å². The largest absolute Gasteiger partial charge is 0.480 e. The maximum absolute atomic E-state index is 11.3. The zero-order valence-electron chi connectivity index (χ0n) is 11.1. The van der Waals surface area contributed by atoms with E-state index in [1.54, 1.807) is 0 Å². The summed E-state index contributed by atoms with van der Waals surface area (Å²) >= 11 is 0. The maximum atomic E-state index is 11.3. The number of nitrogens with one attached hydrogen (secondary N) is 3. The van der Waals surface area contributed by atoms with Crippen LogP contribution in [0.5, 0.6) is 0 Å². The Kier molecular flexibility index (Phi) is 9.77. The maximum Gasteiger partial charge on any atom is 0.326 e. The van der Waals surface area contributed by atoms with Crippen molar-refractivity contribution in [3.05, 3.63) is 0 Å². The van der Waals surface area contributed by atoms with Gasteiger partial charge in [-0.25, -0.2) is 9.59 Å². The lowest BCUT2D eigenvalue weighted by molar-refractivity contribution is -0.139. The minimum absolute atomic E-state index is 0.329. The molecule has 0 radical (unpaired) electrons. The summed E-state index contributed by atoms with van der Waals surface area (Å²) in [5.41, 5.74) is 0. The molecule has 0 aromatic heterocycles. The van der Waals surface area contributed by atoms with Crippen LogP contribution in [0, 0.1) is 0 Å². The van der Waals surface area contributed by atoms with Crippen LogP contribution in [0.4, 0.5) is 4.79 Å². The fourth-order valence-corrected chi connectivity index (χ4v) is 1.43. The molecule has 0 aromatic rings. The molecule has 1 atom stereocenters. The molecule has 0 heterocycles. The average molecular weight is 277 g/mol. The number of aliphatic carboxylic acids is 1. The molecule has 0 fully saturated rings. The molecule has 0 saturated carbocycles. The van der Waals surface area contributed by atoms with E-state index in [4.69, 9.17) is 15.3 Å². The molecule has 0 aliphatic rings. The summed E-state index contributed by atoms with van der Waals surface area (Å²) in [6.45, 7) is 3.32. The highest BCUT2D eigenvalue weighted by molar-refractivity contribution is 5.82. The Morgan fingerprint density at radius 2 is 1.89 bits per heavy atom. The van der Waals surface area contributed by atoms with Crippen LogP contribution in [0.3, 0.4) is 0 Å². The molecule has 0 bridgehead atoms. The van der Waals surface area contributed by atoms with E-state index in [1.165, 1.54) is 0 Å². The molecule has 0 spiro atoms. The second-order valence-electron chi connectivity index (χ2n) is 4.08. The highest BCUT2D eigenvalue weighted by Gasteiger charge is 2.19. The van der Waals surface area contributed by atoms with Crippen LogP contribution in [-0.2, 0) is 4.79 Å². The predicted octanol–water partition coefficient (Wildman–Crippen LogP) is -1.17. The third kappa shape index (κ3) is 10.2. The number of carboxylic acids is 1. The van der Waals surface area contributed by atoms with Gasteiger partial charge in [0.2, 0.25) is 0 Å². The Hall–Kier alpha value is -1.38. The van der Waals surface area contributed by atoms with E-state index in [-0.39, 0.29) is 6.54 Å². The molecule has 19 heavy (non-hydrogen) atoms. The van der Waals surface area contributed by atoms with Gasteiger partial charge in [0, 0.05) is 0 Å². The van der Waals surface area contributed by atoms with Crippen LogP contribution >= 0.6 is 0 Å². The summed E-state index contributed by atoms with van der Waals surface area (Å²) in [5, 5.41) is 33.6. The number of hydrogen-bond acceptors (Lipinski definition) is 5. The van der Waals surface area contributed by atoms with E-state index in [0.717, 1.165) is 19.5 Å². The van der Waals surface area contributed by atoms with Crippen molar-refractivity contribution in [2.45, 2.75) is 38.5 Å². The molecule has 0 aliphatic heterocycles. The van der Waals surface area contributed by atoms with Gasteiger partial charge in [0.05, 0.1) is 6.54 Å². The highest BCUT2D eigenvalue weighted by atomic mass is 16.5. The number of aliphatic hydroxyl groups excluding tert-OH is 1. The van der Waals surface area contributed by atoms with Crippen molar-refractivity contribution in [1.29, 1.82) is 0 Å². The van der Waals surface area contributed by atoms with Crippen LogP contribution in [0.2, 0.25) is 0 Å². The molecular formula is C11H23N3O5. The van der Waals surface area contributed by atoms with Crippen molar-refractivity contribution in [3.8, 4) is 0 Å². The number of rotatable bonds is 10. The summed E-state index contributed by atoms with van der Waals surface area (Å²) < 4.78 is 0. The summed E-state index contributed by atoms with van der Waals surface area (Å²) in [7, 11) is 0. The molecule has 6 N–H and O–H groups in total. The van der Waals surface area contributed by atoms with Crippen molar-refractivity contribution < 1.29 is 24.9 Å². The van der Waals surface area contributed by atoms with Crippen molar-refractivity contribution in [2.24, 2.45) is 0 Å². The van der Waals surface area contributed by atoms with Gasteiger partial charge in [0.15, 0.2) is 6.29 Å². The Labute approximate surface area is 112 Å². The van der Waals surface area contributed by atoms with Crippen molar-refractivity contribution >= 4 is 12.0 Å². The molecule has 0 aromatic carbocycles. The third-order valence-corrected chi connectivity index (χ3v) is 2.39. The Morgan fingerprint density at radius 1 is 1.21 bits per heavy atom. The minimum atomic E-state index is -1.66. The first-order chi connectivity index (χ1) is 8.97. The van der Waals surface area contributed by atoms with Gasteiger partial charge in [-0.05, 0) is 32.4 Å². The summed E-state index contributed by atoms with van der Waals surface area (Å²) in [5.74, 6) is -1.11. The molecule has 2 amide bonds. The highest BCUT2D eigenvalue weighted by Crippen LogP contribution is 2.01. The normalized spacial score (nSPS) is 12.2. The van der Waals surface area contributed by atoms with E-state index in [0.29, 0.717) is 12.8 Å². The second kappa shape index (κ2) is 10.5. The lowest BCUT2D eigenvalue weighted by atomic mass is 10.1. The van der Waals surface area contributed by atoms with Gasteiger partial charge < -0.3 is 31.3 Å². The Bertz CT molecular complexity index is 273. The number of aliphatic hydroxyl groups is 2. The fraction of sp³-hybridized carbons (Fsp3) is 0.818. The predicted molar refractivity (Wildman–Crippen MR) is 68.6 cm³/mol. The van der Waals surface area contributed by atoms with Gasteiger partial charge >= 0.3 is 12.0 Å². The molecule has 0 rings (SSSR count). The van der Waals surface area contributed by atoms with Crippen molar-refractivity contribution in [3.63, 3.8) is 0 Å². The molecule has 8 heteroatoms. The van der Waals surface area contributed by atoms with E-state index in [1.807, 2.05) is 6.92 Å². The van der Waals surface area contributed by atoms with Crippen LogP contribution in [0.1, 0.15) is 26.2 Å². The number of carbonyl (C=O) groups excluding carboxylic acids is 1. The molecule has 0 saturated heterocycles. The molecule has 112 valence electrons. The van der Waals surface area contributed by atoms with Crippen molar-refractivity contribution in [1.82, 2.24) is 16.0 Å². The molecule has 0 aliphatic carbocycles. The van der Waals surface area contributed by atoms with Gasteiger partial charge in [0.1, 0.15) is 6.04 Å². The van der Waals surface area contributed by atoms with Crippen LogP contribution in [-0.4, -0.2) is 59.3 Å². The third-order valence-electron chi connectivity index (χ3n) is 2.39. The number of urea groups is 1.